The van der Waals surface area contributed by atoms with E-state index in [0.717, 1.165) is 40.3 Å². The molecular formula is C21H20O6S2. The van der Waals surface area contributed by atoms with E-state index in [0.29, 0.717) is 0 Å². The summed E-state index contributed by atoms with van der Waals surface area (Å²) in [4.78, 5) is 0. The Kier molecular flexibility index (Phi) is 5.68. The molecule has 0 fully saturated rings. The summed E-state index contributed by atoms with van der Waals surface area (Å²) in [6, 6.07) is 19.5. The van der Waals surface area contributed by atoms with Gasteiger partial charge in [0.15, 0.2) is 0 Å². The van der Waals surface area contributed by atoms with Crippen molar-refractivity contribution in [3.63, 3.8) is 0 Å². The quantitative estimate of drug-likeness (QED) is 0.547. The van der Waals surface area contributed by atoms with Gasteiger partial charge >= 0.3 is 20.2 Å². The molecule has 0 atom stereocenters. The summed E-state index contributed by atoms with van der Waals surface area (Å²) in [7, 11) is -7.17. The zero-order valence-corrected chi connectivity index (χ0v) is 17.7. The Hall–Kier alpha value is -2.84. The van der Waals surface area contributed by atoms with Crippen molar-refractivity contribution in [1.82, 2.24) is 0 Å². The van der Waals surface area contributed by atoms with Crippen LogP contribution < -0.4 is 8.37 Å². The zero-order chi connectivity index (χ0) is 21.2. The molecule has 3 rings (SSSR count). The van der Waals surface area contributed by atoms with Crippen LogP contribution in [0, 0.1) is 6.92 Å². The Balaban J connectivity index is 2.00. The van der Waals surface area contributed by atoms with Gasteiger partial charge in [-0.1, -0.05) is 42.5 Å². The molecule has 3 aromatic rings. The van der Waals surface area contributed by atoms with E-state index in [1.54, 1.807) is 48.5 Å². The molecule has 3 aromatic carbocycles. The Labute approximate surface area is 171 Å². The van der Waals surface area contributed by atoms with Crippen molar-refractivity contribution in [3.8, 4) is 33.8 Å². The SMILES string of the molecule is Cc1cccc(-c2ccc(OS(C)(=O)=O)cc2)c1-c1ccc(OS(C)(=O)=O)cc1. The third-order valence-corrected chi connectivity index (χ3v) is 5.07. The lowest BCUT2D eigenvalue weighted by atomic mass is 9.91. The molecule has 0 aromatic heterocycles. The predicted molar refractivity (Wildman–Crippen MR) is 113 cm³/mol. The molecular weight excluding hydrogens is 412 g/mol. The summed E-state index contributed by atoms with van der Waals surface area (Å²) in [6.45, 7) is 1.99. The van der Waals surface area contributed by atoms with E-state index in [-0.39, 0.29) is 11.5 Å². The van der Waals surface area contributed by atoms with E-state index < -0.39 is 20.2 Å². The minimum atomic E-state index is -3.59. The molecule has 0 aliphatic heterocycles. The highest BCUT2D eigenvalue weighted by atomic mass is 32.2. The van der Waals surface area contributed by atoms with Crippen molar-refractivity contribution in [2.24, 2.45) is 0 Å². The molecule has 0 radical (unpaired) electrons. The van der Waals surface area contributed by atoms with Crippen molar-refractivity contribution >= 4 is 20.2 Å². The summed E-state index contributed by atoms with van der Waals surface area (Å²) in [5, 5.41) is 0. The van der Waals surface area contributed by atoms with Crippen molar-refractivity contribution < 1.29 is 25.2 Å². The predicted octanol–water partition coefficient (Wildman–Crippen LogP) is 4.01. The lowest BCUT2D eigenvalue weighted by Crippen LogP contribution is -2.05. The Morgan fingerprint density at radius 3 is 1.52 bits per heavy atom. The topological polar surface area (TPSA) is 86.7 Å². The second-order valence-electron chi connectivity index (χ2n) is 6.62. The van der Waals surface area contributed by atoms with Crippen molar-refractivity contribution in [2.45, 2.75) is 6.92 Å². The maximum atomic E-state index is 11.3. The number of hydrogen-bond acceptors (Lipinski definition) is 6. The van der Waals surface area contributed by atoms with Crippen molar-refractivity contribution in [2.75, 3.05) is 12.5 Å². The van der Waals surface area contributed by atoms with E-state index in [4.69, 9.17) is 8.37 Å². The molecule has 0 saturated heterocycles. The number of benzene rings is 3. The monoisotopic (exact) mass is 432 g/mol. The molecule has 0 spiro atoms. The first-order chi connectivity index (χ1) is 13.5. The largest absolute Gasteiger partial charge is 0.383 e. The van der Waals surface area contributed by atoms with Crippen LogP contribution in [-0.2, 0) is 20.2 Å². The van der Waals surface area contributed by atoms with E-state index in [1.165, 1.54) is 0 Å². The van der Waals surface area contributed by atoms with Crippen LogP contribution in [0.3, 0.4) is 0 Å². The molecule has 0 heterocycles. The second kappa shape index (κ2) is 7.88. The van der Waals surface area contributed by atoms with Crippen LogP contribution >= 0.6 is 0 Å². The van der Waals surface area contributed by atoms with Crippen LogP contribution in [0.5, 0.6) is 11.5 Å². The summed E-state index contributed by atoms with van der Waals surface area (Å²) < 4.78 is 54.9. The molecule has 0 bridgehead atoms. The van der Waals surface area contributed by atoms with Crippen LogP contribution in [0.25, 0.3) is 22.3 Å². The number of hydrogen-bond donors (Lipinski definition) is 0. The molecule has 0 aliphatic carbocycles. The maximum Gasteiger partial charge on any atom is 0.306 e. The minimum Gasteiger partial charge on any atom is -0.383 e. The molecule has 29 heavy (non-hydrogen) atoms. The van der Waals surface area contributed by atoms with Crippen LogP contribution in [0.2, 0.25) is 0 Å². The van der Waals surface area contributed by atoms with Crippen molar-refractivity contribution in [1.29, 1.82) is 0 Å². The van der Waals surface area contributed by atoms with Gasteiger partial charge in [-0.2, -0.15) is 16.8 Å². The normalized spacial score (nSPS) is 11.8. The van der Waals surface area contributed by atoms with Gasteiger partial charge in [0, 0.05) is 0 Å². The Bertz CT molecular complexity index is 1230. The van der Waals surface area contributed by atoms with E-state index in [2.05, 4.69) is 0 Å². The highest BCUT2D eigenvalue weighted by molar-refractivity contribution is 7.86. The zero-order valence-electron chi connectivity index (χ0n) is 16.1. The average Bonchev–Trinajstić information content (AvgIpc) is 2.60. The van der Waals surface area contributed by atoms with Crippen LogP contribution in [0.4, 0.5) is 0 Å². The van der Waals surface area contributed by atoms with E-state index in [9.17, 15) is 16.8 Å². The fraction of sp³-hybridized carbons (Fsp3) is 0.143. The summed E-state index contributed by atoms with van der Waals surface area (Å²) in [6.07, 6.45) is 1.99. The lowest BCUT2D eigenvalue weighted by Gasteiger charge is -2.14. The van der Waals surface area contributed by atoms with Gasteiger partial charge in [0.25, 0.3) is 0 Å². The average molecular weight is 433 g/mol. The Morgan fingerprint density at radius 1 is 0.621 bits per heavy atom. The molecule has 0 unspecified atom stereocenters. The van der Waals surface area contributed by atoms with Gasteiger partial charge in [0.05, 0.1) is 12.5 Å². The highest BCUT2D eigenvalue weighted by Crippen LogP contribution is 2.36. The van der Waals surface area contributed by atoms with E-state index >= 15 is 0 Å². The first-order valence-corrected chi connectivity index (χ1v) is 12.2. The smallest absolute Gasteiger partial charge is 0.306 e. The molecule has 8 heteroatoms. The third-order valence-electron chi connectivity index (χ3n) is 4.08. The molecule has 152 valence electrons. The summed E-state index contributed by atoms with van der Waals surface area (Å²) in [5.41, 5.74) is 4.76. The first kappa shape index (κ1) is 20.9. The highest BCUT2D eigenvalue weighted by Gasteiger charge is 2.12. The molecule has 0 saturated carbocycles. The van der Waals surface area contributed by atoms with Gasteiger partial charge in [-0.3, -0.25) is 0 Å². The van der Waals surface area contributed by atoms with Gasteiger partial charge in [-0.15, -0.1) is 0 Å². The molecule has 0 amide bonds. The number of rotatable bonds is 6. The lowest BCUT2D eigenvalue weighted by molar-refractivity contribution is 0.491. The standard InChI is InChI=1S/C21H20O6S2/c1-15-5-4-6-20(16-7-11-18(12-8-16)26-28(2,22)23)21(15)17-9-13-19(14-10-17)27-29(3,24)25/h4-14H,1-3H3. The fourth-order valence-electron chi connectivity index (χ4n) is 3.01. The molecule has 0 N–H and O–H groups in total. The van der Waals surface area contributed by atoms with Crippen molar-refractivity contribution in [3.05, 3.63) is 72.3 Å². The van der Waals surface area contributed by atoms with Gasteiger partial charge in [0.2, 0.25) is 0 Å². The first-order valence-electron chi connectivity index (χ1n) is 8.61. The number of aryl methyl sites for hydroxylation is 1. The van der Waals surface area contributed by atoms with Gasteiger partial charge in [-0.25, -0.2) is 0 Å². The van der Waals surface area contributed by atoms with Crippen LogP contribution in [0.15, 0.2) is 66.7 Å². The summed E-state index contributed by atoms with van der Waals surface area (Å²) >= 11 is 0. The Morgan fingerprint density at radius 2 is 1.07 bits per heavy atom. The van der Waals surface area contributed by atoms with Gasteiger partial charge in [0.1, 0.15) is 11.5 Å². The minimum absolute atomic E-state index is 0.243. The van der Waals surface area contributed by atoms with E-state index in [1.807, 2.05) is 25.1 Å². The third kappa shape index (κ3) is 5.58. The van der Waals surface area contributed by atoms with Crippen LogP contribution in [-0.4, -0.2) is 29.3 Å². The van der Waals surface area contributed by atoms with Crippen LogP contribution in [0.1, 0.15) is 5.56 Å². The van der Waals surface area contributed by atoms with Gasteiger partial charge in [-0.05, 0) is 59.0 Å². The maximum absolute atomic E-state index is 11.3. The molecule has 6 nitrogen and oxygen atoms in total. The second-order valence-corrected chi connectivity index (χ2v) is 9.77. The van der Waals surface area contributed by atoms with Gasteiger partial charge < -0.3 is 8.37 Å². The fourth-order valence-corrected chi connectivity index (χ4v) is 3.93. The molecule has 0 aliphatic rings. The summed E-state index contributed by atoms with van der Waals surface area (Å²) in [5.74, 6) is 0.487.